The van der Waals surface area contributed by atoms with E-state index in [-0.39, 0.29) is 25.2 Å². The lowest BCUT2D eigenvalue weighted by Crippen LogP contribution is -2.35. The molecule has 1 aliphatic rings. The zero-order valence-corrected chi connectivity index (χ0v) is 13.1. The lowest BCUT2D eigenvalue weighted by Gasteiger charge is -2.29. The number of carbonyl (C=O) groups excluding carboxylic acids is 1. The number of hydrogen-bond donors (Lipinski definition) is 2. The average Bonchev–Trinajstić information content (AvgIpc) is 2.53. The Morgan fingerprint density at radius 3 is 2.21 bits per heavy atom. The minimum atomic E-state index is -4.17. The van der Waals surface area contributed by atoms with Gasteiger partial charge in [0.25, 0.3) is 0 Å². The van der Waals surface area contributed by atoms with E-state index in [1.807, 2.05) is 0 Å². The summed E-state index contributed by atoms with van der Waals surface area (Å²) in [5.41, 5.74) is 0.458. The minimum Gasteiger partial charge on any atom is -0.479 e. The predicted octanol–water partition coefficient (Wildman–Crippen LogP) is 3.69. The molecule has 0 aromatic heterocycles. The van der Waals surface area contributed by atoms with Gasteiger partial charge >= 0.3 is 12.1 Å². The maximum absolute atomic E-state index is 12.6. The molecule has 7 heteroatoms. The van der Waals surface area contributed by atoms with Crippen molar-refractivity contribution in [2.45, 2.75) is 44.3 Å². The molecular formula is C17H20F3NO3. The summed E-state index contributed by atoms with van der Waals surface area (Å²) in [6.07, 6.45) is -3.39. The number of carboxylic acids is 1. The number of aliphatic carboxylic acids is 1. The van der Waals surface area contributed by atoms with Crippen LogP contribution in [-0.2, 0) is 9.59 Å². The van der Waals surface area contributed by atoms with Gasteiger partial charge in [-0.15, -0.1) is 0 Å². The van der Waals surface area contributed by atoms with Gasteiger partial charge in [-0.25, -0.2) is 4.79 Å². The number of hydrogen-bond acceptors (Lipinski definition) is 2. The van der Waals surface area contributed by atoms with E-state index in [0.29, 0.717) is 18.4 Å². The molecule has 2 rings (SSSR count). The van der Waals surface area contributed by atoms with Gasteiger partial charge < -0.3 is 10.4 Å². The molecular weight excluding hydrogens is 323 g/mol. The Labute approximate surface area is 138 Å². The Morgan fingerprint density at radius 1 is 1.12 bits per heavy atom. The first-order valence-electron chi connectivity index (χ1n) is 7.91. The van der Waals surface area contributed by atoms with Crippen LogP contribution in [0.3, 0.4) is 0 Å². The maximum Gasteiger partial charge on any atom is 0.391 e. The summed E-state index contributed by atoms with van der Waals surface area (Å²) in [6.45, 7) is 0. The second-order valence-corrected chi connectivity index (χ2v) is 6.21. The smallest absolute Gasteiger partial charge is 0.391 e. The van der Waals surface area contributed by atoms with E-state index >= 15 is 0 Å². The van der Waals surface area contributed by atoms with Crippen LogP contribution in [0.25, 0.3) is 0 Å². The fraction of sp³-hybridized carbons (Fsp3) is 0.529. The molecule has 24 heavy (non-hydrogen) atoms. The van der Waals surface area contributed by atoms with Crippen LogP contribution in [0.5, 0.6) is 0 Å². The number of halogens is 3. The molecule has 0 unspecified atom stereocenters. The predicted molar refractivity (Wildman–Crippen MR) is 81.1 cm³/mol. The zero-order chi connectivity index (χ0) is 17.7. The van der Waals surface area contributed by atoms with Crippen molar-refractivity contribution in [2.24, 2.45) is 11.8 Å². The zero-order valence-electron chi connectivity index (χ0n) is 13.1. The molecule has 0 aliphatic heterocycles. The summed E-state index contributed by atoms with van der Waals surface area (Å²) in [4.78, 5) is 23.4. The van der Waals surface area contributed by atoms with Gasteiger partial charge in [-0.1, -0.05) is 30.3 Å². The molecule has 0 radical (unpaired) electrons. The van der Waals surface area contributed by atoms with Crippen LogP contribution in [0.1, 0.15) is 43.7 Å². The van der Waals surface area contributed by atoms with E-state index in [0.717, 1.165) is 0 Å². The molecule has 1 aromatic rings. The van der Waals surface area contributed by atoms with Crippen LogP contribution in [0.4, 0.5) is 13.2 Å². The topological polar surface area (TPSA) is 66.4 Å². The van der Waals surface area contributed by atoms with Crippen molar-refractivity contribution in [3.8, 4) is 0 Å². The molecule has 0 bridgehead atoms. The number of benzene rings is 1. The number of alkyl halides is 3. The first-order valence-corrected chi connectivity index (χ1v) is 7.91. The molecule has 1 fully saturated rings. The van der Waals surface area contributed by atoms with Gasteiger partial charge in [-0.2, -0.15) is 13.2 Å². The Morgan fingerprint density at radius 2 is 1.71 bits per heavy atom. The van der Waals surface area contributed by atoms with Crippen molar-refractivity contribution in [1.82, 2.24) is 5.32 Å². The highest BCUT2D eigenvalue weighted by Gasteiger charge is 2.41. The van der Waals surface area contributed by atoms with Crippen molar-refractivity contribution in [3.05, 3.63) is 35.9 Å². The first-order chi connectivity index (χ1) is 11.3. The summed E-state index contributed by atoms with van der Waals surface area (Å²) in [6, 6.07) is 7.15. The summed E-state index contributed by atoms with van der Waals surface area (Å²) >= 11 is 0. The van der Waals surface area contributed by atoms with Crippen molar-refractivity contribution in [3.63, 3.8) is 0 Å². The molecule has 1 amide bonds. The molecule has 4 nitrogen and oxygen atoms in total. The molecule has 0 spiro atoms. The Kier molecular flexibility index (Phi) is 5.85. The lowest BCUT2D eigenvalue weighted by molar-refractivity contribution is -0.184. The Balaban J connectivity index is 1.88. The van der Waals surface area contributed by atoms with Gasteiger partial charge in [-0.3, -0.25) is 4.79 Å². The molecule has 0 heterocycles. The molecule has 0 saturated heterocycles. The average molecular weight is 343 g/mol. The van der Waals surface area contributed by atoms with Crippen molar-refractivity contribution >= 4 is 11.9 Å². The third-order valence-electron chi connectivity index (χ3n) is 4.47. The third-order valence-corrected chi connectivity index (χ3v) is 4.47. The summed E-state index contributed by atoms with van der Waals surface area (Å²) in [5.74, 6) is -3.03. The highest BCUT2D eigenvalue weighted by atomic mass is 19.4. The Bertz CT molecular complexity index is 566. The highest BCUT2D eigenvalue weighted by Crippen LogP contribution is 2.40. The van der Waals surface area contributed by atoms with Gasteiger partial charge in [0.2, 0.25) is 5.91 Å². The van der Waals surface area contributed by atoms with Gasteiger partial charge in [0.15, 0.2) is 6.04 Å². The molecule has 1 atom stereocenters. The summed E-state index contributed by atoms with van der Waals surface area (Å²) in [5, 5.41) is 11.7. The van der Waals surface area contributed by atoms with Crippen LogP contribution in [0.15, 0.2) is 30.3 Å². The number of nitrogens with one attached hydrogen (secondary N) is 1. The molecule has 1 aromatic carbocycles. The van der Waals surface area contributed by atoms with Crippen LogP contribution < -0.4 is 5.32 Å². The maximum atomic E-state index is 12.6. The molecule has 2 N–H and O–H groups in total. The van der Waals surface area contributed by atoms with Crippen LogP contribution >= 0.6 is 0 Å². The number of carboxylic acid groups (broad SMARTS) is 1. The molecule has 132 valence electrons. The SMILES string of the molecule is O=C(CC1CCC(C(F)(F)F)CC1)N[C@H](C(=O)O)c1ccccc1. The largest absolute Gasteiger partial charge is 0.479 e. The van der Waals surface area contributed by atoms with Crippen molar-refractivity contribution in [1.29, 1.82) is 0 Å². The second kappa shape index (κ2) is 7.68. The van der Waals surface area contributed by atoms with E-state index in [1.165, 1.54) is 0 Å². The van der Waals surface area contributed by atoms with E-state index in [4.69, 9.17) is 0 Å². The minimum absolute atomic E-state index is 0.0302. The van der Waals surface area contributed by atoms with Crippen molar-refractivity contribution < 1.29 is 27.9 Å². The van der Waals surface area contributed by atoms with Gasteiger partial charge in [-0.05, 0) is 37.2 Å². The van der Waals surface area contributed by atoms with Crippen molar-refractivity contribution in [2.75, 3.05) is 0 Å². The normalized spacial score (nSPS) is 22.6. The van der Waals surface area contributed by atoms with Crippen LogP contribution in [0, 0.1) is 11.8 Å². The van der Waals surface area contributed by atoms with Crippen LogP contribution in [-0.4, -0.2) is 23.2 Å². The first kappa shape index (κ1) is 18.3. The van der Waals surface area contributed by atoms with Gasteiger partial charge in [0, 0.05) is 6.42 Å². The van der Waals surface area contributed by atoms with E-state index in [2.05, 4.69) is 5.32 Å². The summed E-state index contributed by atoms with van der Waals surface area (Å²) in [7, 11) is 0. The monoisotopic (exact) mass is 343 g/mol. The Hall–Kier alpha value is -2.05. The highest BCUT2D eigenvalue weighted by molar-refractivity contribution is 5.84. The number of carbonyl (C=O) groups is 2. The van der Waals surface area contributed by atoms with E-state index in [9.17, 15) is 27.9 Å². The molecule has 1 saturated carbocycles. The third kappa shape index (κ3) is 4.97. The lowest BCUT2D eigenvalue weighted by atomic mass is 9.80. The van der Waals surface area contributed by atoms with E-state index < -0.39 is 30.0 Å². The standard InChI is InChI=1S/C17H20F3NO3/c18-17(19,20)13-8-6-11(7-9-13)10-14(22)21-15(16(23)24)12-4-2-1-3-5-12/h1-5,11,13,15H,6-10H2,(H,21,22)(H,23,24)/t11?,13?,15-/m0/s1. The van der Waals surface area contributed by atoms with Gasteiger partial charge in [0.1, 0.15) is 0 Å². The second-order valence-electron chi connectivity index (χ2n) is 6.21. The molecule has 1 aliphatic carbocycles. The summed E-state index contributed by atoms with van der Waals surface area (Å²) < 4.78 is 37.9. The van der Waals surface area contributed by atoms with E-state index in [1.54, 1.807) is 30.3 Å². The fourth-order valence-corrected chi connectivity index (χ4v) is 3.11. The number of rotatable bonds is 5. The fourth-order valence-electron chi connectivity index (χ4n) is 3.11. The van der Waals surface area contributed by atoms with Crippen LogP contribution in [0.2, 0.25) is 0 Å². The number of amides is 1. The van der Waals surface area contributed by atoms with Gasteiger partial charge in [0.05, 0.1) is 5.92 Å². The quantitative estimate of drug-likeness (QED) is 0.857.